The summed E-state index contributed by atoms with van der Waals surface area (Å²) in [6.07, 6.45) is 4.02. The molecule has 0 fully saturated rings. The van der Waals surface area contributed by atoms with Gasteiger partial charge in [0, 0.05) is 19.1 Å². The van der Waals surface area contributed by atoms with Crippen LogP contribution in [0.1, 0.15) is 36.4 Å². The van der Waals surface area contributed by atoms with E-state index in [-0.39, 0.29) is 12.6 Å². The van der Waals surface area contributed by atoms with Gasteiger partial charge in [0.05, 0.1) is 6.61 Å². The Morgan fingerprint density at radius 1 is 1.44 bits per heavy atom. The minimum Gasteiger partial charge on any atom is -0.493 e. The second-order valence-corrected chi connectivity index (χ2v) is 4.28. The van der Waals surface area contributed by atoms with Crippen LogP contribution in [0, 0.1) is 0 Å². The summed E-state index contributed by atoms with van der Waals surface area (Å²) >= 11 is 0. The molecule has 1 aromatic carbocycles. The lowest BCUT2D eigenvalue weighted by atomic mass is 9.88. The first-order valence-corrected chi connectivity index (χ1v) is 5.93. The first kappa shape index (κ1) is 11.4. The van der Waals surface area contributed by atoms with E-state index in [1.54, 1.807) is 0 Å². The Balaban J connectivity index is 2.06. The van der Waals surface area contributed by atoms with E-state index in [9.17, 15) is 0 Å². The van der Waals surface area contributed by atoms with Gasteiger partial charge in [0.25, 0.3) is 0 Å². The van der Waals surface area contributed by atoms with Crippen LogP contribution in [0.25, 0.3) is 0 Å². The molecule has 0 spiro atoms. The molecule has 3 N–H and O–H groups in total. The Morgan fingerprint density at radius 3 is 3.12 bits per heavy atom. The van der Waals surface area contributed by atoms with Crippen molar-refractivity contribution in [2.75, 3.05) is 13.2 Å². The number of nitrogens with two attached hydrogens (primary N) is 1. The third-order valence-electron chi connectivity index (χ3n) is 3.05. The van der Waals surface area contributed by atoms with E-state index in [2.05, 4.69) is 12.1 Å². The van der Waals surface area contributed by atoms with Gasteiger partial charge in [-0.25, -0.2) is 0 Å². The molecule has 0 saturated carbocycles. The van der Waals surface area contributed by atoms with Gasteiger partial charge < -0.3 is 15.6 Å². The summed E-state index contributed by atoms with van der Waals surface area (Å²) in [5.74, 6) is 0.890. The molecule has 0 aromatic heterocycles. The Labute approximate surface area is 96.2 Å². The SMILES string of the molecule is NC1CCCc2cc(OCCCO)ccc21. The molecule has 1 unspecified atom stereocenters. The average molecular weight is 221 g/mol. The number of aliphatic hydroxyl groups excluding tert-OH is 1. The summed E-state index contributed by atoms with van der Waals surface area (Å²) in [6, 6.07) is 6.33. The Bertz CT molecular complexity index is 352. The van der Waals surface area contributed by atoms with Crippen molar-refractivity contribution < 1.29 is 9.84 Å². The van der Waals surface area contributed by atoms with E-state index in [1.807, 2.05) is 6.07 Å². The molecule has 3 heteroatoms. The highest BCUT2D eigenvalue weighted by Gasteiger charge is 2.16. The van der Waals surface area contributed by atoms with Gasteiger partial charge in [-0.1, -0.05) is 6.07 Å². The molecule has 16 heavy (non-hydrogen) atoms. The second-order valence-electron chi connectivity index (χ2n) is 4.28. The number of aliphatic hydroxyl groups is 1. The van der Waals surface area contributed by atoms with Crippen LogP contribution in [0.3, 0.4) is 0 Å². The van der Waals surface area contributed by atoms with Gasteiger partial charge in [0.15, 0.2) is 0 Å². The van der Waals surface area contributed by atoms with Gasteiger partial charge in [0.1, 0.15) is 5.75 Å². The Morgan fingerprint density at radius 2 is 2.31 bits per heavy atom. The highest BCUT2D eigenvalue weighted by Crippen LogP contribution is 2.30. The second kappa shape index (κ2) is 5.32. The van der Waals surface area contributed by atoms with Crippen molar-refractivity contribution in [1.82, 2.24) is 0 Å². The molecule has 88 valence electrons. The average Bonchev–Trinajstić information content (AvgIpc) is 2.30. The summed E-state index contributed by atoms with van der Waals surface area (Å²) in [5.41, 5.74) is 8.63. The minimum atomic E-state index is 0.176. The Hall–Kier alpha value is -1.06. The molecular formula is C13H19NO2. The van der Waals surface area contributed by atoms with Crippen molar-refractivity contribution in [1.29, 1.82) is 0 Å². The van der Waals surface area contributed by atoms with Crippen LogP contribution in [-0.4, -0.2) is 18.3 Å². The monoisotopic (exact) mass is 221 g/mol. The summed E-state index contributed by atoms with van der Waals surface area (Å²) in [6.45, 7) is 0.747. The van der Waals surface area contributed by atoms with Gasteiger partial charge in [-0.15, -0.1) is 0 Å². The van der Waals surface area contributed by atoms with Crippen molar-refractivity contribution in [2.45, 2.75) is 31.7 Å². The minimum absolute atomic E-state index is 0.176. The van der Waals surface area contributed by atoms with E-state index in [1.165, 1.54) is 11.1 Å². The number of ether oxygens (including phenoxy) is 1. The maximum Gasteiger partial charge on any atom is 0.119 e. The predicted molar refractivity (Wildman–Crippen MR) is 63.5 cm³/mol. The first-order chi connectivity index (χ1) is 7.81. The fourth-order valence-electron chi connectivity index (χ4n) is 2.17. The maximum absolute atomic E-state index is 8.67. The molecule has 1 aliphatic carbocycles. The molecule has 2 rings (SSSR count). The number of aryl methyl sites for hydroxylation is 1. The molecule has 1 atom stereocenters. The molecule has 0 amide bonds. The van der Waals surface area contributed by atoms with Gasteiger partial charge in [-0.2, -0.15) is 0 Å². The van der Waals surface area contributed by atoms with Crippen molar-refractivity contribution in [3.05, 3.63) is 29.3 Å². The zero-order valence-electron chi connectivity index (χ0n) is 9.48. The van der Waals surface area contributed by atoms with Crippen LogP contribution in [-0.2, 0) is 6.42 Å². The summed E-state index contributed by atoms with van der Waals surface area (Å²) < 4.78 is 5.55. The standard InChI is InChI=1S/C13H19NO2/c14-13-4-1-3-10-9-11(5-6-12(10)13)16-8-2-7-15/h5-6,9,13,15H,1-4,7-8,14H2. The van der Waals surface area contributed by atoms with E-state index in [0.717, 1.165) is 25.0 Å². The van der Waals surface area contributed by atoms with E-state index in [0.29, 0.717) is 13.0 Å². The lowest BCUT2D eigenvalue weighted by Gasteiger charge is -2.22. The lowest BCUT2D eigenvalue weighted by molar-refractivity contribution is 0.233. The number of hydrogen-bond acceptors (Lipinski definition) is 3. The quantitative estimate of drug-likeness (QED) is 0.762. The fraction of sp³-hybridized carbons (Fsp3) is 0.538. The summed E-state index contributed by atoms with van der Waals surface area (Å²) in [4.78, 5) is 0. The zero-order chi connectivity index (χ0) is 11.4. The summed E-state index contributed by atoms with van der Waals surface area (Å²) in [5, 5.41) is 8.67. The molecule has 0 saturated heterocycles. The van der Waals surface area contributed by atoms with Crippen molar-refractivity contribution in [3.8, 4) is 5.75 Å². The van der Waals surface area contributed by atoms with Crippen LogP contribution in [0.2, 0.25) is 0 Å². The highest BCUT2D eigenvalue weighted by molar-refractivity contribution is 5.38. The molecule has 0 radical (unpaired) electrons. The van der Waals surface area contributed by atoms with Crippen LogP contribution in [0.15, 0.2) is 18.2 Å². The molecule has 3 nitrogen and oxygen atoms in total. The number of fused-ring (bicyclic) bond motifs is 1. The van der Waals surface area contributed by atoms with Crippen molar-refractivity contribution in [3.63, 3.8) is 0 Å². The maximum atomic E-state index is 8.67. The molecule has 0 aliphatic heterocycles. The third-order valence-corrected chi connectivity index (χ3v) is 3.05. The van der Waals surface area contributed by atoms with Crippen LogP contribution < -0.4 is 10.5 Å². The van der Waals surface area contributed by atoms with Crippen LogP contribution >= 0.6 is 0 Å². The van der Waals surface area contributed by atoms with Crippen molar-refractivity contribution in [2.24, 2.45) is 5.73 Å². The van der Waals surface area contributed by atoms with Crippen LogP contribution in [0.4, 0.5) is 0 Å². The van der Waals surface area contributed by atoms with Crippen molar-refractivity contribution >= 4 is 0 Å². The normalized spacial score (nSPS) is 19.2. The topological polar surface area (TPSA) is 55.5 Å². The van der Waals surface area contributed by atoms with Crippen LogP contribution in [0.5, 0.6) is 5.75 Å². The molecule has 1 aromatic rings. The molecular weight excluding hydrogens is 202 g/mol. The number of benzene rings is 1. The van der Waals surface area contributed by atoms with Gasteiger partial charge in [-0.3, -0.25) is 0 Å². The smallest absolute Gasteiger partial charge is 0.119 e. The molecule has 1 aliphatic rings. The predicted octanol–water partition coefficient (Wildman–Crippen LogP) is 1.78. The fourth-order valence-corrected chi connectivity index (χ4v) is 2.17. The molecule has 0 heterocycles. The first-order valence-electron chi connectivity index (χ1n) is 5.93. The van der Waals surface area contributed by atoms with E-state index >= 15 is 0 Å². The molecule has 0 bridgehead atoms. The summed E-state index contributed by atoms with van der Waals surface area (Å²) in [7, 11) is 0. The third kappa shape index (κ3) is 2.54. The van der Waals surface area contributed by atoms with Gasteiger partial charge >= 0.3 is 0 Å². The van der Waals surface area contributed by atoms with E-state index in [4.69, 9.17) is 15.6 Å². The zero-order valence-corrected chi connectivity index (χ0v) is 9.48. The Kier molecular flexibility index (Phi) is 3.80. The van der Waals surface area contributed by atoms with E-state index < -0.39 is 0 Å². The van der Waals surface area contributed by atoms with Gasteiger partial charge in [-0.05, 0) is 42.5 Å². The van der Waals surface area contributed by atoms with Gasteiger partial charge in [0.2, 0.25) is 0 Å². The lowest BCUT2D eigenvalue weighted by Crippen LogP contribution is -2.17. The highest BCUT2D eigenvalue weighted by atomic mass is 16.5. The number of hydrogen-bond donors (Lipinski definition) is 2. The number of rotatable bonds is 4. The largest absolute Gasteiger partial charge is 0.493 e.